The minimum absolute atomic E-state index is 0.0156. The van der Waals surface area contributed by atoms with Gasteiger partial charge in [-0.15, -0.1) is 0 Å². The number of piperidine rings is 1. The van der Waals surface area contributed by atoms with Gasteiger partial charge in [-0.25, -0.2) is 0 Å². The number of H-pyrrole nitrogens is 1. The smallest absolute Gasteiger partial charge is 0.371 e. The van der Waals surface area contributed by atoms with Gasteiger partial charge >= 0.3 is 6.18 Å². The number of aromatic amines is 1. The summed E-state index contributed by atoms with van der Waals surface area (Å²) in [6, 6.07) is 2.25. The van der Waals surface area contributed by atoms with Crippen molar-refractivity contribution in [2.24, 2.45) is 5.92 Å². The first-order chi connectivity index (χ1) is 10.4. The molecule has 22 heavy (non-hydrogen) atoms. The van der Waals surface area contributed by atoms with E-state index in [4.69, 9.17) is 0 Å². The van der Waals surface area contributed by atoms with Crippen LogP contribution in [0.15, 0.2) is 18.3 Å². The van der Waals surface area contributed by atoms with E-state index in [1.54, 1.807) is 13.1 Å². The monoisotopic (exact) mass is 311 g/mol. The summed E-state index contributed by atoms with van der Waals surface area (Å²) in [5.74, 6) is 0.166. The van der Waals surface area contributed by atoms with Crippen LogP contribution in [0, 0.1) is 5.92 Å². The normalized spacial score (nSPS) is 17.2. The maximum absolute atomic E-state index is 13.0. The summed E-state index contributed by atoms with van der Waals surface area (Å²) >= 11 is 0. The number of benzene rings is 1. The van der Waals surface area contributed by atoms with Crippen molar-refractivity contribution in [3.8, 4) is 0 Å². The molecule has 118 valence electrons. The number of carbonyl (C=O) groups excluding carboxylic acids is 1. The first kappa shape index (κ1) is 14.9. The summed E-state index contributed by atoms with van der Waals surface area (Å²) in [5.41, 5.74) is 0.215. The van der Waals surface area contributed by atoms with E-state index in [1.165, 1.54) is 6.07 Å². The van der Waals surface area contributed by atoms with Crippen LogP contribution in [0.5, 0.6) is 0 Å². The largest absolute Gasteiger partial charge is 0.416 e. The summed E-state index contributed by atoms with van der Waals surface area (Å²) in [7, 11) is 0. The van der Waals surface area contributed by atoms with Crippen LogP contribution >= 0.6 is 0 Å². The van der Waals surface area contributed by atoms with E-state index in [9.17, 15) is 18.0 Å². The number of Topliss-reactive ketones (excluding diaryl/α,β-unsaturated/α-hetero) is 1. The van der Waals surface area contributed by atoms with Crippen LogP contribution in [0.1, 0.15) is 25.3 Å². The number of anilines is 1. The first-order valence-electron chi connectivity index (χ1n) is 7.16. The topological polar surface area (TPSA) is 49.0 Å². The van der Waals surface area contributed by atoms with Crippen molar-refractivity contribution in [1.29, 1.82) is 0 Å². The van der Waals surface area contributed by atoms with Gasteiger partial charge in [0.2, 0.25) is 0 Å². The highest BCUT2D eigenvalue weighted by molar-refractivity contribution is 5.92. The number of alkyl halides is 3. The van der Waals surface area contributed by atoms with Gasteiger partial charge in [-0.3, -0.25) is 9.89 Å². The van der Waals surface area contributed by atoms with Crippen molar-refractivity contribution in [2.75, 3.05) is 18.0 Å². The summed E-state index contributed by atoms with van der Waals surface area (Å²) in [4.78, 5) is 13.3. The number of hydrogen-bond acceptors (Lipinski definition) is 3. The van der Waals surface area contributed by atoms with E-state index in [1.807, 2.05) is 4.90 Å². The van der Waals surface area contributed by atoms with Crippen molar-refractivity contribution in [3.05, 3.63) is 23.9 Å². The molecule has 0 radical (unpaired) electrons. The van der Waals surface area contributed by atoms with E-state index in [0.717, 1.165) is 6.07 Å². The Hall–Kier alpha value is -2.05. The van der Waals surface area contributed by atoms with Gasteiger partial charge in [-0.1, -0.05) is 0 Å². The van der Waals surface area contributed by atoms with Gasteiger partial charge in [0.25, 0.3) is 0 Å². The lowest BCUT2D eigenvalue weighted by Crippen LogP contribution is -2.36. The number of nitrogens with zero attached hydrogens (tertiary/aromatic N) is 2. The number of carbonyl (C=O) groups is 1. The van der Waals surface area contributed by atoms with E-state index in [-0.39, 0.29) is 11.7 Å². The maximum atomic E-state index is 13.0. The number of fused-ring (bicyclic) bond motifs is 1. The number of nitrogens with one attached hydrogen (secondary N) is 1. The Labute approximate surface area is 125 Å². The van der Waals surface area contributed by atoms with Crippen molar-refractivity contribution >= 4 is 22.4 Å². The molecular weight excluding hydrogens is 295 g/mol. The average Bonchev–Trinajstić information content (AvgIpc) is 2.93. The molecule has 0 aliphatic carbocycles. The third-order valence-corrected chi connectivity index (χ3v) is 4.27. The van der Waals surface area contributed by atoms with Gasteiger partial charge in [0.1, 0.15) is 5.78 Å². The molecule has 1 aromatic carbocycles. The Morgan fingerprint density at radius 3 is 2.59 bits per heavy atom. The third-order valence-electron chi connectivity index (χ3n) is 4.27. The predicted octanol–water partition coefficient (Wildman–Crippen LogP) is 3.39. The van der Waals surface area contributed by atoms with Crippen LogP contribution in [-0.4, -0.2) is 29.1 Å². The van der Waals surface area contributed by atoms with E-state index in [2.05, 4.69) is 10.2 Å². The lowest BCUT2D eigenvalue weighted by Gasteiger charge is -2.33. The van der Waals surface area contributed by atoms with Crippen LogP contribution in [0.3, 0.4) is 0 Å². The Morgan fingerprint density at radius 1 is 1.32 bits per heavy atom. The first-order valence-corrected chi connectivity index (χ1v) is 7.16. The second kappa shape index (κ2) is 5.30. The van der Waals surface area contributed by atoms with Gasteiger partial charge in [-0.2, -0.15) is 18.3 Å². The second-order valence-electron chi connectivity index (χ2n) is 5.70. The third kappa shape index (κ3) is 2.67. The molecule has 0 saturated carbocycles. The van der Waals surface area contributed by atoms with Crippen LogP contribution < -0.4 is 4.90 Å². The predicted molar refractivity (Wildman–Crippen MR) is 76.7 cm³/mol. The van der Waals surface area contributed by atoms with Crippen LogP contribution in [0.2, 0.25) is 0 Å². The Bertz CT molecular complexity index is 700. The van der Waals surface area contributed by atoms with E-state index < -0.39 is 11.7 Å². The maximum Gasteiger partial charge on any atom is 0.416 e. The summed E-state index contributed by atoms with van der Waals surface area (Å²) in [6.07, 6.45) is -1.51. The molecule has 7 heteroatoms. The zero-order chi connectivity index (χ0) is 15.9. The Morgan fingerprint density at radius 2 is 2.00 bits per heavy atom. The molecule has 1 aromatic heterocycles. The van der Waals surface area contributed by atoms with E-state index in [0.29, 0.717) is 42.5 Å². The molecule has 1 N–H and O–H groups in total. The lowest BCUT2D eigenvalue weighted by molar-refractivity contribution is -0.137. The van der Waals surface area contributed by atoms with Gasteiger partial charge in [0.15, 0.2) is 0 Å². The van der Waals surface area contributed by atoms with Crippen LogP contribution in [-0.2, 0) is 11.0 Å². The van der Waals surface area contributed by atoms with Gasteiger partial charge in [0, 0.05) is 30.1 Å². The van der Waals surface area contributed by atoms with Gasteiger partial charge in [-0.05, 0) is 31.9 Å². The number of hydrogen-bond donors (Lipinski definition) is 1. The zero-order valence-electron chi connectivity index (χ0n) is 12.1. The quantitative estimate of drug-likeness (QED) is 0.925. The molecule has 1 aliphatic rings. The molecule has 1 saturated heterocycles. The minimum Gasteiger partial charge on any atom is -0.371 e. The number of rotatable bonds is 2. The van der Waals surface area contributed by atoms with Gasteiger partial charge < -0.3 is 4.90 Å². The molecule has 0 amide bonds. The fourth-order valence-corrected chi connectivity index (χ4v) is 2.98. The Kier molecular flexibility index (Phi) is 3.58. The summed E-state index contributed by atoms with van der Waals surface area (Å²) < 4.78 is 39.1. The highest BCUT2D eigenvalue weighted by atomic mass is 19.4. The summed E-state index contributed by atoms with van der Waals surface area (Å²) in [6.45, 7) is 2.72. The van der Waals surface area contributed by atoms with Crippen molar-refractivity contribution in [2.45, 2.75) is 25.9 Å². The highest BCUT2D eigenvalue weighted by Gasteiger charge is 2.33. The van der Waals surface area contributed by atoms with Gasteiger partial charge in [0.05, 0.1) is 17.3 Å². The van der Waals surface area contributed by atoms with E-state index >= 15 is 0 Å². The van der Waals surface area contributed by atoms with Crippen LogP contribution in [0.25, 0.3) is 10.9 Å². The molecule has 4 nitrogen and oxygen atoms in total. The molecule has 1 fully saturated rings. The molecule has 0 unspecified atom stereocenters. The van der Waals surface area contributed by atoms with Crippen molar-refractivity contribution in [1.82, 2.24) is 10.2 Å². The molecule has 0 atom stereocenters. The average molecular weight is 311 g/mol. The van der Waals surface area contributed by atoms with Crippen LogP contribution in [0.4, 0.5) is 18.9 Å². The molecule has 0 spiro atoms. The number of ketones is 1. The number of aromatic nitrogens is 2. The standard InChI is InChI=1S/C15H16F3N3O/c1-9(22)10-2-4-21(5-3-10)14-7-11(15(16,17)18)6-13-12(14)8-19-20-13/h6-8,10H,2-5H2,1H3,(H,19,20). The molecular formula is C15H16F3N3O. The molecule has 1 aliphatic heterocycles. The second-order valence-corrected chi connectivity index (χ2v) is 5.70. The molecule has 3 rings (SSSR count). The fourth-order valence-electron chi connectivity index (χ4n) is 2.98. The van der Waals surface area contributed by atoms with Crippen molar-refractivity contribution in [3.63, 3.8) is 0 Å². The minimum atomic E-state index is -4.40. The zero-order valence-corrected chi connectivity index (χ0v) is 12.1. The highest BCUT2D eigenvalue weighted by Crippen LogP contribution is 2.37. The molecule has 2 aromatic rings. The van der Waals surface area contributed by atoms with Crippen molar-refractivity contribution < 1.29 is 18.0 Å². The fraction of sp³-hybridized carbons (Fsp3) is 0.467. The Balaban J connectivity index is 1.96. The number of halogens is 3. The molecule has 0 bridgehead atoms. The lowest BCUT2D eigenvalue weighted by atomic mass is 9.92. The molecule has 2 heterocycles. The SMILES string of the molecule is CC(=O)C1CCN(c2cc(C(F)(F)F)cc3[nH]ncc23)CC1. The summed E-state index contributed by atoms with van der Waals surface area (Å²) in [5, 5.41) is 7.13.